The molecule has 0 N–H and O–H groups in total. The van der Waals surface area contributed by atoms with Gasteiger partial charge in [0.25, 0.3) is 0 Å². The van der Waals surface area contributed by atoms with Gasteiger partial charge in [-0.05, 0) is 29.8 Å². The lowest BCUT2D eigenvalue weighted by atomic mass is 9.99. The van der Waals surface area contributed by atoms with Crippen LogP contribution in [0.4, 0.5) is 0 Å². The fourth-order valence-electron chi connectivity index (χ4n) is 6.05. The third-order valence-corrected chi connectivity index (χ3v) is 9.51. The first-order valence-electron chi connectivity index (χ1n) is 15.4. The molecule has 47 heavy (non-hydrogen) atoms. The topological polar surface area (TPSA) is 64.5 Å². The number of fused-ring (bicyclic) bond motifs is 4. The molecule has 0 fully saturated rings. The molecule has 0 bridgehead atoms. The minimum atomic E-state index is 0.620. The number of rotatable bonds is 5. The van der Waals surface area contributed by atoms with E-state index >= 15 is 0 Å². The molecule has 0 unspecified atom stereocenters. The van der Waals surface area contributed by atoms with E-state index in [2.05, 4.69) is 84.9 Å². The number of para-hydroxylation sites is 1. The molecule has 0 saturated heterocycles. The van der Waals surface area contributed by atoms with Crippen LogP contribution >= 0.6 is 11.3 Å². The van der Waals surface area contributed by atoms with E-state index in [1.165, 1.54) is 20.2 Å². The summed E-state index contributed by atoms with van der Waals surface area (Å²) in [5.74, 6) is 1.90. The molecule has 6 heteroatoms. The van der Waals surface area contributed by atoms with Crippen molar-refractivity contribution >= 4 is 42.4 Å². The van der Waals surface area contributed by atoms with Crippen LogP contribution in [-0.2, 0) is 0 Å². The number of hydrogen-bond donors (Lipinski definition) is 0. The Kier molecular flexibility index (Phi) is 6.58. The molecular weight excluding hydrogens is 595 g/mol. The molecule has 220 valence electrons. The Hall–Kier alpha value is -6.11. The van der Waals surface area contributed by atoms with Crippen molar-refractivity contribution in [3.63, 3.8) is 0 Å². The van der Waals surface area contributed by atoms with Crippen molar-refractivity contribution in [1.82, 2.24) is 24.9 Å². The normalized spacial score (nSPS) is 11.4. The largest absolute Gasteiger partial charge is 0.254 e. The average molecular weight is 620 g/mol. The summed E-state index contributed by atoms with van der Waals surface area (Å²) in [4.78, 5) is 24.8. The molecule has 9 rings (SSSR count). The lowest BCUT2D eigenvalue weighted by Crippen LogP contribution is -2.00. The van der Waals surface area contributed by atoms with Crippen molar-refractivity contribution in [3.8, 4) is 56.7 Å². The van der Waals surface area contributed by atoms with E-state index in [4.69, 9.17) is 24.9 Å². The van der Waals surface area contributed by atoms with Crippen molar-refractivity contribution in [2.75, 3.05) is 0 Å². The van der Waals surface area contributed by atoms with Crippen LogP contribution < -0.4 is 0 Å². The van der Waals surface area contributed by atoms with Gasteiger partial charge in [-0.25, -0.2) is 19.9 Å². The van der Waals surface area contributed by atoms with Crippen molar-refractivity contribution in [1.29, 1.82) is 0 Å². The van der Waals surface area contributed by atoms with Crippen LogP contribution in [-0.4, -0.2) is 24.9 Å². The van der Waals surface area contributed by atoms with E-state index in [1.54, 1.807) is 11.3 Å². The van der Waals surface area contributed by atoms with E-state index < -0.39 is 0 Å². The highest BCUT2D eigenvalue weighted by Gasteiger charge is 2.15. The number of thiophene rings is 1. The molecule has 5 aromatic carbocycles. The van der Waals surface area contributed by atoms with Gasteiger partial charge in [-0.15, -0.1) is 11.3 Å². The minimum Gasteiger partial charge on any atom is -0.254 e. The first-order valence-corrected chi connectivity index (χ1v) is 16.2. The summed E-state index contributed by atoms with van der Waals surface area (Å²) in [6, 6.07) is 49.6. The van der Waals surface area contributed by atoms with Gasteiger partial charge in [0.15, 0.2) is 17.5 Å². The summed E-state index contributed by atoms with van der Waals surface area (Å²) in [5.41, 5.74) is 7.49. The van der Waals surface area contributed by atoms with Gasteiger partial charge in [0.05, 0.1) is 16.9 Å². The summed E-state index contributed by atoms with van der Waals surface area (Å²) < 4.78 is 2.47. The lowest BCUT2D eigenvalue weighted by Gasteiger charge is -2.11. The van der Waals surface area contributed by atoms with Gasteiger partial charge in [-0.1, -0.05) is 121 Å². The lowest BCUT2D eigenvalue weighted by molar-refractivity contribution is 1.07. The standard InChI is InChI=1S/C41H25N5S/c1-3-11-27(12-4-1)39-44-40(28-13-5-2-6-14-28)46-41(45-39)30-17-9-16-29(23-30)31-19-10-15-26-21-22-34(43-38(26)31)35-24-37-33(25-42-35)32-18-7-8-20-36(32)47-37/h1-25H. The molecule has 4 aromatic heterocycles. The van der Waals surface area contributed by atoms with Gasteiger partial charge >= 0.3 is 0 Å². The molecule has 4 heterocycles. The molecule has 0 aliphatic rings. The van der Waals surface area contributed by atoms with Gasteiger partial charge in [0.2, 0.25) is 0 Å². The maximum Gasteiger partial charge on any atom is 0.164 e. The number of aromatic nitrogens is 5. The fourth-order valence-corrected chi connectivity index (χ4v) is 7.16. The Bertz CT molecular complexity index is 2520. The van der Waals surface area contributed by atoms with Crippen molar-refractivity contribution in [3.05, 3.63) is 152 Å². The van der Waals surface area contributed by atoms with Gasteiger partial charge in [-0.2, -0.15) is 0 Å². The quantitative estimate of drug-likeness (QED) is 0.192. The van der Waals surface area contributed by atoms with Crippen LogP contribution in [0, 0.1) is 0 Å². The maximum atomic E-state index is 5.19. The molecule has 0 amide bonds. The Morgan fingerprint density at radius 2 is 1.04 bits per heavy atom. The number of nitrogens with zero attached hydrogens (tertiary/aromatic N) is 5. The van der Waals surface area contributed by atoms with E-state index in [-0.39, 0.29) is 0 Å². The van der Waals surface area contributed by atoms with Crippen molar-refractivity contribution in [2.24, 2.45) is 0 Å². The predicted octanol–water partition coefficient (Wildman–Crippen LogP) is 10.5. The fraction of sp³-hybridized carbons (Fsp3) is 0. The van der Waals surface area contributed by atoms with Crippen LogP contribution in [0.2, 0.25) is 0 Å². The summed E-state index contributed by atoms with van der Waals surface area (Å²) in [5, 5.41) is 3.49. The smallest absolute Gasteiger partial charge is 0.164 e. The second-order valence-corrected chi connectivity index (χ2v) is 12.4. The molecule has 0 atom stereocenters. The first-order chi connectivity index (χ1) is 23.3. The molecule has 0 radical (unpaired) electrons. The number of pyridine rings is 2. The zero-order valence-electron chi connectivity index (χ0n) is 25.1. The number of benzene rings is 5. The highest BCUT2D eigenvalue weighted by atomic mass is 32.1. The van der Waals surface area contributed by atoms with Gasteiger partial charge in [0.1, 0.15) is 0 Å². The third-order valence-electron chi connectivity index (χ3n) is 8.38. The van der Waals surface area contributed by atoms with Gasteiger partial charge < -0.3 is 0 Å². The monoisotopic (exact) mass is 619 g/mol. The molecule has 0 saturated carbocycles. The second kappa shape index (κ2) is 11.4. The van der Waals surface area contributed by atoms with Crippen LogP contribution in [0.5, 0.6) is 0 Å². The Morgan fingerprint density at radius 3 is 1.81 bits per heavy atom. The molecule has 0 spiro atoms. The number of hydrogen-bond acceptors (Lipinski definition) is 6. The molecule has 0 aliphatic heterocycles. The zero-order valence-corrected chi connectivity index (χ0v) is 25.9. The highest BCUT2D eigenvalue weighted by molar-refractivity contribution is 7.25. The Balaban J connectivity index is 1.15. The van der Waals surface area contributed by atoms with Crippen LogP contribution in [0.1, 0.15) is 0 Å². The zero-order chi connectivity index (χ0) is 31.2. The van der Waals surface area contributed by atoms with Crippen LogP contribution in [0.15, 0.2) is 152 Å². The summed E-state index contributed by atoms with van der Waals surface area (Å²) in [6.07, 6.45) is 1.98. The van der Waals surface area contributed by atoms with Gasteiger partial charge in [-0.3, -0.25) is 4.98 Å². The molecule has 5 nitrogen and oxygen atoms in total. The maximum absolute atomic E-state index is 5.19. The predicted molar refractivity (Wildman–Crippen MR) is 193 cm³/mol. The summed E-state index contributed by atoms with van der Waals surface area (Å²) in [6.45, 7) is 0. The molecule has 0 aliphatic carbocycles. The third kappa shape index (κ3) is 5.01. The summed E-state index contributed by atoms with van der Waals surface area (Å²) >= 11 is 1.79. The van der Waals surface area contributed by atoms with Crippen LogP contribution in [0.3, 0.4) is 0 Å². The molecular formula is C41H25N5S. The van der Waals surface area contributed by atoms with Crippen LogP contribution in [0.25, 0.3) is 87.8 Å². The second-order valence-electron chi connectivity index (χ2n) is 11.4. The van der Waals surface area contributed by atoms with Gasteiger partial charge in [0, 0.05) is 54.0 Å². The Labute approximate surface area is 275 Å². The van der Waals surface area contributed by atoms with Crippen molar-refractivity contribution < 1.29 is 0 Å². The Morgan fingerprint density at radius 1 is 0.404 bits per heavy atom. The minimum absolute atomic E-state index is 0.620. The van der Waals surface area contributed by atoms with Crippen molar-refractivity contribution in [2.45, 2.75) is 0 Å². The SMILES string of the molecule is c1ccc(-c2nc(-c3ccccc3)nc(-c3cccc(-c4cccc5ccc(-c6cc7sc8ccccc8c7cn6)nc45)c3)n2)cc1. The van der Waals surface area contributed by atoms with E-state index in [0.717, 1.165) is 50.1 Å². The van der Waals surface area contributed by atoms with E-state index in [1.807, 2.05) is 66.9 Å². The summed E-state index contributed by atoms with van der Waals surface area (Å²) in [7, 11) is 0. The van der Waals surface area contributed by atoms with E-state index in [9.17, 15) is 0 Å². The highest BCUT2D eigenvalue weighted by Crippen LogP contribution is 2.36. The first kappa shape index (κ1) is 27.2. The average Bonchev–Trinajstić information content (AvgIpc) is 3.53. The molecule has 9 aromatic rings. The van der Waals surface area contributed by atoms with E-state index in [0.29, 0.717) is 17.5 Å².